The van der Waals surface area contributed by atoms with Crippen LogP contribution in [0.4, 0.5) is 4.39 Å². The Morgan fingerprint density at radius 1 is 1.15 bits per heavy atom. The average molecular weight is 339 g/mol. The number of methoxy groups -OCH3 is 1. The summed E-state index contributed by atoms with van der Waals surface area (Å²) in [6.45, 7) is 0. The summed E-state index contributed by atoms with van der Waals surface area (Å²) in [6.07, 6.45) is -0.384. The second kappa shape index (κ2) is 6.95. The minimum atomic E-state index is -0.486. The standard InChI is InChI=1S/C15H16BrFN2O/c1-20-15(10-6-3-2-4-7-10)14(19-18)11-8-5-9-12(16)13(11)17/h2-9,14-15,19H,18H2,1H3. The summed E-state index contributed by atoms with van der Waals surface area (Å²) in [5.41, 5.74) is 4.03. The topological polar surface area (TPSA) is 47.3 Å². The number of nitrogens with one attached hydrogen (secondary N) is 1. The first-order chi connectivity index (χ1) is 9.69. The van der Waals surface area contributed by atoms with Crippen LogP contribution in [0.2, 0.25) is 0 Å². The lowest BCUT2D eigenvalue weighted by molar-refractivity contribution is 0.0664. The Morgan fingerprint density at radius 2 is 1.85 bits per heavy atom. The molecule has 20 heavy (non-hydrogen) atoms. The molecule has 0 saturated heterocycles. The fourth-order valence-corrected chi connectivity index (χ4v) is 2.59. The zero-order chi connectivity index (χ0) is 14.5. The third kappa shape index (κ3) is 3.07. The van der Waals surface area contributed by atoms with Gasteiger partial charge in [-0.3, -0.25) is 5.84 Å². The van der Waals surface area contributed by atoms with E-state index in [0.29, 0.717) is 10.0 Å². The minimum Gasteiger partial charge on any atom is -0.375 e. The van der Waals surface area contributed by atoms with Crippen molar-refractivity contribution in [3.63, 3.8) is 0 Å². The molecule has 3 nitrogen and oxygen atoms in total. The molecule has 0 saturated carbocycles. The van der Waals surface area contributed by atoms with Crippen molar-refractivity contribution in [3.05, 3.63) is 69.9 Å². The number of hydrogen-bond donors (Lipinski definition) is 2. The molecular formula is C15H16BrFN2O. The van der Waals surface area contributed by atoms with Crippen molar-refractivity contribution in [3.8, 4) is 0 Å². The van der Waals surface area contributed by atoms with Crippen LogP contribution < -0.4 is 11.3 Å². The summed E-state index contributed by atoms with van der Waals surface area (Å²) in [6, 6.07) is 14.2. The summed E-state index contributed by atoms with van der Waals surface area (Å²) in [7, 11) is 1.58. The molecule has 3 N–H and O–H groups in total. The van der Waals surface area contributed by atoms with Gasteiger partial charge in [0.15, 0.2) is 0 Å². The summed E-state index contributed by atoms with van der Waals surface area (Å²) < 4.78 is 20.2. The van der Waals surface area contributed by atoms with E-state index in [-0.39, 0.29) is 11.9 Å². The first-order valence-corrected chi connectivity index (χ1v) is 6.96. The molecule has 0 radical (unpaired) electrons. The van der Waals surface area contributed by atoms with Crippen LogP contribution in [0.3, 0.4) is 0 Å². The van der Waals surface area contributed by atoms with Crippen molar-refractivity contribution >= 4 is 15.9 Å². The van der Waals surface area contributed by atoms with E-state index in [4.69, 9.17) is 10.6 Å². The zero-order valence-corrected chi connectivity index (χ0v) is 12.6. The Bertz CT molecular complexity index is 565. The predicted molar refractivity (Wildman–Crippen MR) is 80.4 cm³/mol. The van der Waals surface area contributed by atoms with Gasteiger partial charge in [0.2, 0.25) is 0 Å². The first-order valence-electron chi connectivity index (χ1n) is 6.16. The SMILES string of the molecule is COC(c1ccccc1)C(NN)c1cccc(Br)c1F. The highest BCUT2D eigenvalue weighted by molar-refractivity contribution is 9.10. The van der Waals surface area contributed by atoms with Crippen molar-refractivity contribution in [2.75, 3.05) is 7.11 Å². The number of halogens is 2. The maximum absolute atomic E-state index is 14.3. The molecule has 0 fully saturated rings. The van der Waals surface area contributed by atoms with Crippen molar-refractivity contribution < 1.29 is 9.13 Å². The summed E-state index contributed by atoms with van der Waals surface area (Å²) in [4.78, 5) is 0. The molecule has 0 bridgehead atoms. The van der Waals surface area contributed by atoms with Gasteiger partial charge in [-0.05, 0) is 27.6 Å². The number of benzene rings is 2. The van der Waals surface area contributed by atoms with Crippen LogP contribution in [0, 0.1) is 5.82 Å². The van der Waals surface area contributed by atoms with E-state index in [1.54, 1.807) is 25.3 Å². The molecule has 2 rings (SSSR count). The fourth-order valence-electron chi connectivity index (χ4n) is 2.21. The van der Waals surface area contributed by atoms with Gasteiger partial charge in [0.05, 0.1) is 10.5 Å². The van der Waals surface area contributed by atoms with Crippen molar-refractivity contribution in [2.45, 2.75) is 12.1 Å². The molecule has 5 heteroatoms. The lowest BCUT2D eigenvalue weighted by Crippen LogP contribution is -2.34. The summed E-state index contributed by atoms with van der Waals surface area (Å²) in [5, 5.41) is 0. The number of ether oxygens (including phenoxy) is 1. The quantitative estimate of drug-likeness (QED) is 0.648. The maximum atomic E-state index is 14.3. The van der Waals surface area contributed by atoms with Crippen LogP contribution in [0.25, 0.3) is 0 Å². The van der Waals surface area contributed by atoms with Gasteiger partial charge >= 0.3 is 0 Å². The molecule has 0 spiro atoms. The molecule has 2 atom stereocenters. The highest BCUT2D eigenvalue weighted by atomic mass is 79.9. The lowest BCUT2D eigenvalue weighted by atomic mass is 9.96. The Kier molecular flexibility index (Phi) is 5.25. The van der Waals surface area contributed by atoms with Gasteiger partial charge in [0.25, 0.3) is 0 Å². The number of hydrazine groups is 1. The number of rotatable bonds is 5. The normalized spacial score (nSPS) is 14.0. The van der Waals surface area contributed by atoms with E-state index < -0.39 is 6.04 Å². The van der Waals surface area contributed by atoms with E-state index in [0.717, 1.165) is 5.56 Å². The Hall–Kier alpha value is -1.27. The van der Waals surface area contributed by atoms with Crippen LogP contribution >= 0.6 is 15.9 Å². The molecule has 2 aromatic rings. The van der Waals surface area contributed by atoms with Gasteiger partial charge in [-0.25, -0.2) is 9.82 Å². The number of hydrogen-bond acceptors (Lipinski definition) is 3. The second-order valence-electron chi connectivity index (χ2n) is 4.35. The van der Waals surface area contributed by atoms with Gasteiger partial charge in [-0.15, -0.1) is 0 Å². The molecule has 0 amide bonds. The fraction of sp³-hybridized carbons (Fsp3) is 0.200. The second-order valence-corrected chi connectivity index (χ2v) is 5.21. The summed E-state index contributed by atoms with van der Waals surface area (Å²) in [5.74, 6) is 5.29. The van der Waals surface area contributed by atoms with Gasteiger partial charge in [0, 0.05) is 12.7 Å². The third-order valence-corrected chi connectivity index (χ3v) is 3.79. The smallest absolute Gasteiger partial charge is 0.142 e. The molecule has 0 aromatic heterocycles. The monoisotopic (exact) mass is 338 g/mol. The molecule has 2 aromatic carbocycles. The Labute approximate surface area is 126 Å². The van der Waals surface area contributed by atoms with Crippen LogP contribution in [-0.4, -0.2) is 7.11 Å². The minimum absolute atomic E-state index is 0.339. The van der Waals surface area contributed by atoms with E-state index in [9.17, 15) is 4.39 Å². The predicted octanol–water partition coefficient (Wildman–Crippen LogP) is 3.48. The van der Waals surface area contributed by atoms with E-state index in [2.05, 4.69) is 21.4 Å². The molecule has 106 valence electrons. The van der Waals surface area contributed by atoms with Crippen LogP contribution in [0.1, 0.15) is 23.3 Å². The third-order valence-electron chi connectivity index (χ3n) is 3.18. The lowest BCUT2D eigenvalue weighted by Gasteiger charge is -2.26. The van der Waals surface area contributed by atoms with Gasteiger partial charge in [-0.2, -0.15) is 0 Å². The molecule has 0 heterocycles. The highest BCUT2D eigenvalue weighted by Gasteiger charge is 2.26. The molecule has 0 aliphatic heterocycles. The largest absolute Gasteiger partial charge is 0.375 e. The van der Waals surface area contributed by atoms with E-state index in [1.165, 1.54) is 0 Å². The Morgan fingerprint density at radius 3 is 2.45 bits per heavy atom. The van der Waals surface area contributed by atoms with Crippen molar-refractivity contribution in [1.82, 2.24) is 5.43 Å². The van der Waals surface area contributed by atoms with Gasteiger partial charge < -0.3 is 4.74 Å². The average Bonchev–Trinajstić information content (AvgIpc) is 2.49. The highest BCUT2D eigenvalue weighted by Crippen LogP contribution is 2.34. The molecule has 0 aliphatic carbocycles. The summed E-state index contributed by atoms with van der Waals surface area (Å²) >= 11 is 3.19. The van der Waals surface area contributed by atoms with Crippen LogP contribution in [0.5, 0.6) is 0 Å². The van der Waals surface area contributed by atoms with Gasteiger partial charge in [-0.1, -0.05) is 42.5 Å². The number of nitrogens with two attached hydrogens (primary N) is 1. The first kappa shape index (κ1) is 15.1. The molecular weight excluding hydrogens is 323 g/mol. The van der Waals surface area contributed by atoms with Crippen LogP contribution in [0.15, 0.2) is 53.0 Å². The zero-order valence-electron chi connectivity index (χ0n) is 11.0. The van der Waals surface area contributed by atoms with E-state index in [1.807, 2.05) is 30.3 Å². The maximum Gasteiger partial charge on any atom is 0.142 e. The van der Waals surface area contributed by atoms with Crippen molar-refractivity contribution in [2.24, 2.45) is 5.84 Å². The van der Waals surface area contributed by atoms with Gasteiger partial charge in [0.1, 0.15) is 11.9 Å². The van der Waals surface area contributed by atoms with E-state index >= 15 is 0 Å². The molecule has 2 unspecified atom stereocenters. The van der Waals surface area contributed by atoms with Crippen molar-refractivity contribution in [1.29, 1.82) is 0 Å². The Balaban J connectivity index is 2.42. The van der Waals surface area contributed by atoms with Crippen LogP contribution in [-0.2, 0) is 4.74 Å². The molecule has 0 aliphatic rings.